The fraction of sp³-hybridized carbons (Fsp3) is 0.368. The molecule has 0 aliphatic carbocycles. The second-order valence-electron chi connectivity index (χ2n) is 6.21. The molecule has 0 radical (unpaired) electrons. The smallest absolute Gasteiger partial charge is 0.305 e. The van der Waals surface area contributed by atoms with E-state index in [0.29, 0.717) is 0 Å². The van der Waals surface area contributed by atoms with Gasteiger partial charge in [-0.15, -0.1) is 0 Å². The summed E-state index contributed by atoms with van der Waals surface area (Å²) in [6.45, 7) is 9.35. The fourth-order valence-electron chi connectivity index (χ4n) is 2.57. The third kappa shape index (κ3) is 4.99. The van der Waals surface area contributed by atoms with Gasteiger partial charge in [0.05, 0.1) is 29.1 Å². The van der Waals surface area contributed by atoms with Gasteiger partial charge >= 0.3 is 7.60 Å². The van der Waals surface area contributed by atoms with Gasteiger partial charge in [0.25, 0.3) is 10.0 Å². The quantitative estimate of drug-likeness (QED) is 0.655. The lowest BCUT2D eigenvalue weighted by Crippen LogP contribution is -2.21. The first-order chi connectivity index (χ1) is 12.6. The largest absolute Gasteiger partial charge is 0.363 e. The van der Waals surface area contributed by atoms with Gasteiger partial charge in [0.1, 0.15) is 0 Å². The summed E-state index contributed by atoms with van der Waals surface area (Å²) in [5.41, 5.74) is 2.88. The molecule has 27 heavy (non-hydrogen) atoms. The Morgan fingerprint density at radius 1 is 0.926 bits per heavy atom. The zero-order valence-corrected chi connectivity index (χ0v) is 18.0. The van der Waals surface area contributed by atoms with Crippen LogP contribution < -0.4 is 10.0 Å². The molecule has 2 aromatic carbocycles. The number of aryl methyl sites for hydroxylation is 3. The Hall–Kier alpha value is -1.66. The second kappa shape index (κ2) is 8.57. The average Bonchev–Trinajstić information content (AvgIpc) is 2.57. The van der Waals surface area contributed by atoms with Crippen molar-refractivity contribution in [1.29, 1.82) is 0 Å². The highest BCUT2D eigenvalue weighted by Gasteiger charge is 2.31. The molecule has 0 aliphatic rings. The van der Waals surface area contributed by atoms with Crippen molar-refractivity contribution in [3.05, 3.63) is 53.1 Å². The maximum atomic E-state index is 13.2. The Labute approximate surface area is 161 Å². The number of sulfonamides is 1. The van der Waals surface area contributed by atoms with E-state index in [1.54, 1.807) is 50.2 Å². The van der Waals surface area contributed by atoms with Gasteiger partial charge in [-0.25, -0.2) is 8.42 Å². The van der Waals surface area contributed by atoms with Gasteiger partial charge in [0, 0.05) is 0 Å². The maximum absolute atomic E-state index is 13.2. The van der Waals surface area contributed by atoms with Crippen LogP contribution in [0.15, 0.2) is 41.3 Å². The third-order valence-electron chi connectivity index (χ3n) is 4.08. The number of benzene rings is 2. The van der Waals surface area contributed by atoms with Crippen LogP contribution in [0, 0.1) is 20.8 Å². The van der Waals surface area contributed by atoms with Gasteiger partial charge in [-0.05, 0) is 75.6 Å². The standard InChI is InChI=1S/C19H26NO5PS/c1-6-24-26(21,25-7-2)19-11-8-14(3)12-18(19)20-27(22,23)17-10-9-15(4)16(5)13-17/h8-13,20H,6-7H2,1-5H3. The monoisotopic (exact) mass is 411 g/mol. The summed E-state index contributed by atoms with van der Waals surface area (Å²) in [6.07, 6.45) is 0. The van der Waals surface area contributed by atoms with Crippen molar-refractivity contribution in [3.8, 4) is 0 Å². The molecule has 0 bridgehead atoms. The van der Waals surface area contributed by atoms with Gasteiger partial charge in [-0.1, -0.05) is 12.1 Å². The molecule has 0 amide bonds. The molecule has 1 N–H and O–H groups in total. The van der Waals surface area contributed by atoms with Crippen LogP contribution in [0.5, 0.6) is 0 Å². The number of hydrogen-bond donors (Lipinski definition) is 1. The summed E-state index contributed by atoms with van der Waals surface area (Å²) in [4.78, 5) is 0.140. The molecule has 0 aliphatic heterocycles. The first kappa shape index (κ1) is 21.6. The summed E-state index contributed by atoms with van der Waals surface area (Å²) in [5.74, 6) is 0. The average molecular weight is 411 g/mol. The van der Waals surface area contributed by atoms with E-state index in [9.17, 15) is 13.0 Å². The first-order valence-electron chi connectivity index (χ1n) is 8.73. The minimum absolute atomic E-state index is 0.140. The van der Waals surface area contributed by atoms with Crippen molar-refractivity contribution >= 4 is 28.6 Å². The normalized spacial score (nSPS) is 12.2. The fourth-order valence-corrected chi connectivity index (χ4v) is 5.51. The predicted octanol–water partition coefficient (Wildman–Crippen LogP) is 4.30. The molecular formula is C19H26NO5PS. The van der Waals surface area contributed by atoms with Gasteiger partial charge in [-0.3, -0.25) is 9.29 Å². The Balaban J connectivity index is 2.53. The number of nitrogens with one attached hydrogen (secondary N) is 1. The molecule has 0 saturated carbocycles. The summed E-state index contributed by atoms with van der Waals surface area (Å²) in [6, 6.07) is 9.86. The molecule has 6 nitrogen and oxygen atoms in total. The number of anilines is 1. The highest BCUT2D eigenvalue weighted by molar-refractivity contribution is 7.92. The minimum Gasteiger partial charge on any atom is -0.305 e. The van der Waals surface area contributed by atoms with Crippen molar-refractivity contribution in [2.45, 2.75) is 39.5 Å². The van der Waals surface area contributed by atoms with Gasteiger partial charge in [0.2, 0.25) is 0 Å². The number of hydrogen-bond acceptors (Lipinski definition) is 5. The van der Waals surface area contributed by atoms with E-state index in [1.165, 1.54) is 0 Å². The van der Waals surface area contributed by atoms with E-state index >= 15 is 0 Å². The van der Waals surface area contributed by atoms with Crippen LogP contribution in [0.4, 0.5) is 5.69 Å². The molecule has 148 valence electrons. The Morgan fingerprint density at radius 2 is 1.56 bits per heavy atom. The Morgan fingerprint density at radius 3 is 2.11 bits per heavy atom. The molecule has 8 heteroatoms. The van der Waals surface area contributed by atoms with E-state index in [1.807, 2.05) is 20.8 Å². The lowest BCUT2D eigenvalue weighted by molar-refractivity contribution is 0.230. The van der Waals surface area contributed by atoms with Crippen LogP contribution in [0.3, 0.4) is 0 Å². The molecule has 0 aromatic heterocycles. The highest BCUT2D eigenvalue weighted by atomic mass is 32.2. The Kier molecular flexibility index (Phi) is 6.87. The zero-order chi connectivity index (χ0) is 20.2. The summed E-state index contributed by atoms with van der Waals surface area (Å²) < 4.78 is 52.3. The molecule has 0 saturated heterocycles. The van der Waals surface area contributed by atoms with Crippen LogP contribution >= 0.6 is 7.60 Å². The summed E-state index contributed by atoms with van der Waals surface area (Å²) >= 11 is 0. The van der Waals surface area contributed by atoms with Crippen LogP contribution in [-0.2, 0) is 23.6 Å². The molecule has 0 unspecified atom stereocenters. The SMILES string of the molecule is CCOP(=O)(OCC)c1ccc(C)cc1NS(=O)(=O)c1ccc(C)c(C)c1. The molecule has 2 rings (SSSR count). The van der Waals surface area contributed by atoms with Crippen LogP contribution in [-0.4, -0.2) is 21.6 Å². The summed E-state index contributed by atoms with van der Waals surface area (Å²) in [7, 11) is -7.52. The summed E-state index contributed by atoms with van der Waals surface area (Å²) in [5, 5.41) is 0.198. The van der Waals surface area contributed by atoms with Crippen molar-refractivity contribution < 1.29 is 22.0 Å². The molecule has 2 aromatic rings. The topological polar surface area (TPSA) is 81.7 Å². The number of rotatable bonds is 8. The Bertz CT molecular complexity index is 962. The minimum atomic E-state index is -3.86. The van der Waals surface area contributed by atoms with E-state index in [0.717, 1.165) is 16.7 Å². The van der Waals surface area contributed by atoms with Crippen molar-refractivity contribution in [3.63, 3.8) is 0 Å². The van der Waals surface area contributed by atoms with Crippen molar-refractivity contribution in [2.24, 2.45) is 0 Å². The molecule has 0 heterocycles. The van der Waals surface area contributed by atoms with Crippen LogP contribution in [0.25, 0.3) is 0 Å². The molecule has 0 spiro atoms. The zero-order valence-electron chi connectivity index (χ0n) is 16.3. The van der Waals surface area contributed by atoms with E-state index < -0.39 is 17.6 Å². The van der Waals surface area contributed by atoms with E-state index in [4.69, 9.17) is 9.05 Å². The first-order valence-corrected chi connectivity index (χ1v) is 11.8. The highest BCUT2D eigenvalue weighted by Crippen LogP contribution is 2.49. The van der Waals surface area contributed by atoms with Gasteiger partial charge in [-0.2, -0.15) is 0 Å². The van der Waals surface area contributed by atoms with E-state index in [-0.39, 0.29) is 29.1 Å². The lowest BCUT2D eigenvalue weighted by Gasteiger charge is -2.21. The van der Waals surface area contributed by atoms with E-state index in [2.05, 4.69) is 4.72 Å². The molecule has 0 fully saturated rings. The second-order valence-corrected chi connectivity index (χ2v) is 9.88. The molecule has 0 atom stereocenters. The third-order valence-corrected chi connectivity index (χ3v) is 7.62. The predicted molar refractivity (Wildman–Crippen MR) is 108 cm³/mol. The van der Waals surface area contributed by atoms with Crippen LogP contribution in [0.1, 0.15) is 30.5 Å². The van der Waals surface area contributed by atoms with Gasteiger partial charge in [0.15, 0.2) is 0 Å². The maximum Gasteiger partial charge on any atom is 0.363 e. The van der Waals surface area contributed by atoms with Crippen LogP contribution in [0.2, 0.25) is 0 Å². The van der Waals surface area contributed by atoms with Crippen molar-refractivity contribution in [1.82, 2.24) is 0 Å². The lowest BCUT2D eigenvalue weighted by atomic mass is 10.1. The van der Waals surface area contributed by atoms with Gasteiger partial charge < -0.3 is 9.05 Å². The molecular weight excluding hydrogens is 385 g/mol. The van der Waals surface area contributed by atoms with Crippen molar-refractivity contribution in [2.75, 3.05) is 17.9 Å².